The minimum Gasteiger partial charge on any atom is -0.507 e. The molecule has 0 aliphatic heterocycles. The summed E-state index contributed by atoms with van der Waals surface area (Å²) in [6.07, 6.45) is 0. The SMILES string of the molecule is CC(C)(C)c1cc(-c2ccc(Br)cc2)cc(C(=O)Nc2ccc(S(=O)(=O)C(F)(F)F)cc2Cl)c1O. The molecule has 0 spiro atoms. The van der Waals surface area contributed by atoms with Crippen molar-refractivity contribution in [3.8, 4) is 16.9 Å². The van der Waals surface area contributed by atoms with E-state index >= 15 is 0 Å². The average Bonchev–Trinajstić information content (AvgIpc) is 2.74. The molecule has 0 bridgehead atoms. The van der Waals surface area contributed by atoms with Gasteiger partial charge in [0.05, 0.1) is 21.2 Å². The van der Waals surface area contributed by atoms with Gasteiger partial charge in [-0.2, -0.15) is 13.2 Å². The second-order valence-corrected chi connectivity index (χ2v) is 12.0. The van der Waals surface area contributed by atoms with Gasteiger partial charge in [-0.05, 0) is 59.0 Å². The number of sulfone groups is 1. The number of phenols is 1. The normalized spacial score (nSPS) is 12.5. The first-order valence-electron chi connectivity index (χ1n) is 10.1. The molecule has 0 saturated carbocycles. The number of alkyl halides is 3. The van der Waals surface area contributed by atoms with E-state index < -0.39 is 36.6 Å². The van der Waals surface area contributed by atoms with Crippen molar-refractivity contribution in [2.45, 2.75) is 36.6 Å². The third-order valence-corrected chi connectivity index (χ3v) is 7.47. The minimum atomic E-state index is -5.60. The van der Waals surface area contributed by atoms with Gasteiger partial charge in [-0.25, -0.2) is 8.42 Å². The van der Waals surface area contributed by atoms with Crippen LogP contribution in [0.15, 0.2) is 64.0 Å². The summed E-state index contributed by atoms with van der Waals surface area (Å²) in [5, 5.41) is 12.9. The van der Waals surface area contributed by atoms with Crippen LogP contribution in [-0.2, 0) is 15.3 Å². The average molecular weight is 591 g/mol. The molecule has 35 heavy (non-hydrogen) atoms. The summed E-state index contributed by atoms with van der Waals surface area (Å²) in [6.45, 7) is 5.60. The fraction of sp³-hybridized carbons (Fsp3) is 0.208. The van der Waals surface area contributed by atoms with Gasteiger partial charge in [-0.15, -0.1) is 0 Å². The zero-order valence-electron chi connectivity index (χ0n) is 18.7. The van der Waals surface area contributed by atoms with Crippen molar-refractivity contribution >= 4 is 49.0 Å². The lowest BCUT2D eigenvalue weighted by atomic mass is 9.83. The highest BCUT2D eigenvalue weighted by Gasteiger charge is 2.47. The number of nitrogens with one attached hydrogen (secondary N) is 1. The number of carbonyl (C=O) groups is 1. The quantitative estimate of drug-likeness (QED) is 0.334. The number of amides is 1. The summed E-state index contributed by atoms with van der Waals surface area (Å²) < 4.78 is 62.6. The summed E-state index contributed by atoms with van der Waals surface area (Å²) in [7, 11) is -5.60. The van der Waals surface area contributed by atoms with Crippen LogP contribution in [0.2, 0.25) is 5.02 Å². The largest absolute Gasteiger partial charge is 0.507 e. The second kappa shape index (κ2) is 9.48. The fourth-order valence-electron chi connectivity index (χ4n) is 3.28. The number of hydrogen-bond acceptors (Lipinski definition) is 4. The van der Waals surface area contributed by atoms with Crippen molar-refractivity contribution in [2.75, 3.05) is 5.32 Å². The van der Waals surface area contributed by atoms with Crippen molar-refractivity contribution in [1.29, 1.82) is 0 Å². The molecule has 3 rings (SSSR count). The van der Waals surface area contributed by atoms with E-state index in [9.17, 15) is 31.5 Å². The lowest BCUT2D eigenvalue weighted by Gasteiger charge is -2.23. The van der Waals surface area contributed by atoms with E-state index in [1.54, 1.807) is 6.07 Å². The number of benzene rings is 3. The molecule has 3 aromatic carbocycles. The first-order valence-corrected chi connectivity index (χ1v) is 12.7. The topological polar surface area (TPSA) is 83.5 Å². The van der Waals surface area contributed by atoms with E-state index in [4.69, 9.17) is 11.6 Å². The Labute approximate surface area is 214 Å². The summed E-state index contributed by atoms with van der Waals surface area (Å²) in [5.41, 5.74) is -4.29. The number of phenolic OH excluding ortho intramolecular Hbond substituents is 1. The predicted octanol–water partition coefficient (Wildman–Crippen LogP) is 7.32. The zero-order valence-corrected chi connectivity index (χ0v) is 21.8. The Morgan fingerprint density at radius 2 is 1.57 bits per heavy atom. The van der Waals surface area contributed by atoms with Crippen LogP contribution in [-0.4, -0.2) is 24.9 Å². The highest BCUT2D eigenvalue weighted by atomic mass is 79.9. The number of halogens is 5. The van der Waals surface area contributed by atoms with Crippen molar-refractivity contribution in [3.63, 3.8) is 0 Å². The monoisotopic (exact) mass is 589 g/mol. The number of hydrogen-bond donors (Lipinski definition) is 2. The minimum absolute atomic E-state index is 0.0848. The fourth-order valence-corrected chi connectivity index (χ4v) is 4.62. The van der Waals surface area contributed by atoms with Crippen LogP contribution in [0.25, 0.3) is 11.1 Å². The highest BCUT2D eigenvalue weighted by Crippen LogP contribution is 2.39. The molecule has 0 aliphatic rings. The van der Waals surface area contributed by atoms with Crippen LogP contribution < -0.4 is 5.32 Å². The third-order valence-electron chi connectivity index (χ3n) is 5.14. The maximum Gasteiger partial charge on any atom is 0.501 e. The molecule has 0 unspecified atom stereocenters. The molecule has 0 saturated heterocycles. The Morgan fingerprint density at radius 3 is 2.09 bits per heavy atom. The first-order chi connectivity index (χ1) is 16.0. The van der Waals surface area contributed by atoms with E-state index in [1.807, 2.05) is 45.0 Å². The lowest BCUT2D eigenvalue weighted by Crippen LogP contribution is -2.23. The van der Waals surface area contributed by atoms with Crippen LogP contribution >= 0.6 is 27.5 Å². The molecular weight excluding hydrogens is 571 g/mol. The molecule has 2 N–H and O–H groups in total. The van der Waals surface area contributed by atoms with Gasteiger partial charge in [0, 0.05) is 10.0 Å². The van der Waals surface area contributed by atoms with E-state index in [1.165, 1.54) is 6.07 Å². The Morgan fingerprint density at radius 1 is 0.971 bits per heavy atom. The smallest absolute Gasteiger partial charge is 0.501 e. The van der Waals surface area contributed by atoms with Gasteiger partial charge in [-0.1, -0.05) is 60.4 Å². The Bertz CT molecular complexity index is 1400. The van der Waals surface area contributed by atoms with Crippen molar-refractivity contribution in [1.82, 2.24) is 0 Å². The van der Waals surface area contributed by atoms with Gasteiger partial charge in [-0.3, -0.25) is 4.79 Å². The van der Waals surface area contributed by atoms with Gasteiger partial charge in [0.1, 0.15) is 5.75 Å². The van der Waals surface area contributed by atoms with Gasteiger partial charge in [0.25, 0.3) is 15.7 Å². The molecule has 0 radical (unpaired) electrons. The predicted molar refractivity (Wildman–Crippen MR) is 133 cm³/mol. The van der Waals surface area contributed by atoms with Crippen molar-refractivity contribution in [3.05, 3.63) is 75.2 Å². The van der Waals surface area contributed by atoms with Crippen LogP contribution in [0.5, 0.6) is 5.75 Å². The number of anilines is 1. The molecule has 0 fully saturated rings. The van der Waals surface area contributed by atoms with Gasteiger partial charge < -0.3 is 10.4 Å². The van der Waals surface area contributed by atoms with Crippen LogP contribution in [0.3, 0.4) is 0 Å². The molecule has 186 valence electrons. The van der Waals surface area contributed by atoms with E-state index in [0.717, 1.165) is 16.1 Å². The Kier molecular flexibility index (Phi) is 7.32. The molecule has 0 aliphatic carbocycles. The highest BCUT2D eigenvalue weighted by molar-refractivity contribution is 9.10. The first kappa shape index (κ1) is 27.0. The maximum absolute atomic E-state index is 13.1. The molecule has 11 heteroatoms. The summed E-state index contributed by atoms with van der Waals surface area (Å²) >= 11 is 9.36. The molecule has 0 atom stereocenters. The molecule has 0 aromatic heterocycles. The number of carbonyl (C=O) groups excluding carboxylic acids is 1. The molecule has 0 heterocycles. The van der Waals surface area contributed by atoms with Crippen LogP contribution in [0.1, 0.15) is 36.7 Å². The molecule has 5 nitrogen and oxygen atoms in total. The van der Waals surface area contributed by atoms with E-state index in [2.05, 4.69) is 21.2 Å². The van der Waals surface area contributed by atoms with Crippen molar-refractivity contribution < 1.29 is 31.5 Å². The summed E-state index contributed by atoms with van der Waals surface area (Å²) in [6, 6.07) is 12.9. The molecule has 1 amide bonds. The van der Waals surface area contributed by atoms with E-state index in [-0.39, 0.29) is 17.0 Å². The molecular formula is C24H20BrClF3NO4S. The lowest BCUT2D eigenvalue weighted by molar-refractivity contribution is -0.0436. The number of aromatic hydroxyl groups is 1. The second-order valence-electron chi connectivity index (χ2n) is 8.72. The van der Waals surface area contributed by atoms with E-state index in [0.29, 0.717) is 23.3 Å². The Balaban J connectivity index is 2.05. The third kappa shape index (κ3) is 5.65. The Hall–Kier alpha value is -2.56. The van der Waals surface area contributed by atoms with Crippen LogP contribution in [0, 0.1) is 0 Å². The summed E-state index contributed by atoms with van der Waals surface area (Å²) in [4.78, 5) is 12.1. The zero-order chi connectivity index (χ0) is 26.3. The van der Waals surface area contributed by atoms with Gasteiger partial charge in [0.15, 0.2) is 0 Å². The van der Waals surface area contributed by atoms with Gasteiger partial charge in [0.2, 0.25) is 0 Å². The summed E-state index contributed by atoms with van der Waals surface area (Å²) in [5.74, 6) is -1.04. The van der Waals surface area contributed by atoms with Crippen molar-refractivity contribution in [2.24, 2.45) is 0 Å². The maximum atomic E-state index is 13.1. The number of rotatable bonds is 4. The van der Waals surface area contributed by atoms with Gasteiger partial charge >= 0.3 is 5.51 Å². The molecule has 3 aromatic rings. The standard InChI is InChI=1S/C24H20BrClF3NO4S/c1-23(2,3)18-11-14(13-4-6-15(25)7-5-13)10-17(21(18)31)22(32)30-20-9-8-16(12-19(20)26)35(33,34)24(27,28)29/h4-12,31H,1-3H3,(H,30,32). The van der Waals surface area contributed by atoms with Crippen LogP contribution in [0.4, 0.5) is 18.9 Å².